The molecule has 1 aliphatic carbocycles. The summed E-state index contributed by atoms with van der Waals surface area (Å²) in [5.41, 5.74) is 8.73. The van der Waals surface area contributed by atoms with Crippen molar-refractivity contribution in [2.45, 2.75) is 31.3 Å². The van der Waals surface area contributed by atoms with Gasteiger partial charge in [0, 0.05) is 47.7 Å². The van der Waals surface area contributed by atoms with Crippen LogP contribution in [0.25, 0.3) is 23.0 Å². The first kappa shape index (κ1) is 20.8. The molecule has 4 amide bonds. The van der Waals surface area contributed by atoms with Crippen LogP contribution >= 0.6 is 11.3 Å². The third-order valence-corrected chi connectivity index (χ3v) is 6.98. The topological polar surface area (TPSA) is 147 Å². The average Bonchev–Trinajstić information content (AvgIpc) is 3.18. The van der Waals surface area contributed by atoms with E-state index < -0.39 is 11.9 Å². The molecule has 0 bridgehead atoms. The number of urea groups is 1. The van der Waals surface area contributed by atoms with Gasteiger partial charge in [0.1, 0.15) is 11.5 Å². The summed E-state index contributed by atoms with van der Waals surface area (Å²) in [6, 6.07) is 3.62. The summed E-state index contributed by atoms with van der Waals surface area (Å²) >= 11 is 1.38. The van der Waals surface area contributed by atoms with E-state index in [9.17, 15) is 14.4 Å². The van der Waals surface area contributed by atoms with Crippen molar-refractivity contribution in [2.24, 2.45) is 5.73 Å². The number of nitrogens with one attached hydrogen (secondary N) is 3. The van der Waals surface area contributed by atoms with Crippen molar-refractivity contribution in [3.05, 3.63) is 39.8 Å². The summed E-state index contributed by atoms with van der Waals surface area (Å²) in [5, 5.41) is 14.5. The summed E-state index contributed by atoms with van der Waals surface area (Å²) in [5.74, 6) is 0.260. The number of carbonyl (C=O) groups excluding carboxylic acids is 3. The minimum Gasteiger partial charge on any atom is -0.367 e. The van der Waals surface area contributed by atoms with E-state index >= 15 is 0 Å². The fraction of sp³-hybridized carbons (Fsp3) is 0.318. The molecule has 1 atom stereocenters. The van der Waals surface area contributed by atoms with Gasteiger partial charge >= 0.3 is 6.03 Å². The highest BCUT2D eigenvalue weighted by Crippen LogP contribution is 2.31. The number of aromatic nitrogens is 3. The van der Waals surface area contributed by atoms with E-state index in [-0.39, 0.29) is 17.6 Å². The quantitative estimate of drug-likeness (QED) is 0.320. The zero-order valence-corrected chi connectivity index (χ0v) is 18.9. The average molecular weight is 479 g/mol. The number of nitrogens with zero attached hydrogens (tertiary/aromatic N) is 4. The zero-order valence-electron chi connectivity index (χ0n) is 18.1. The van der Waals surface area contributed by atoms with Gasteiger partial charge in [0.05, 0.1) is 16.8 Å². The van der Waals surface area contributed by atoms with Crippen LogP contribution in [0, 0.1) is 0 Å². The number of nitrogens with two attached hydrogens (primary N) is 1. The minimum absolute atomic E-state index is 0.0145. The molecule has 2 saturated heterocycles. The van der Waals surface area contributed by atoms with Gasteiger partial charge in [-0.3, -0.25) is 14.9 Å². The molecule has 1 saturated carbocycles. The number of anilines is 1. The molecule has 3 aliphatic rings. The van der Waals surface area contributed by atoms with Crippen molar-refractivity contribution in [3.8, 4) is 11.3 Å². The number of hydrogen-bond donors (Lipinski definition) is 4. The SMILES string of the molecule is N[C@@H]1CCN(C(=O)c2cc(-c3cc(NC4CC4)n4ncc(/C=C5\NC(=O)NC5=O)c4n3)cs2)C1. The van der Waals surface area contributed by atoms with Crippen LogP contribution in [0.1, 0.15) is 34.5 Å². The molecular weight excluding hydrogens is 456 g/mol. The van der Waals surface area contributed by atoms with Crippen LogP contribution in [0.2, 0.25) is 0 Å². The molecule has 0 aromatic carbocycles. The van der Waals surface area contributed by atoms with E-state index in [1.807, 2.05) is 17.5 Å². The molecule has 3 fully saturated rings. The van der Waals surface area contributed by atoms with Gasteiger partial charge in [-0.2, -0.15) is 9.61 Å². The van der Waals surface area contributed by atoms with Gasteiger partial charge < -0.3 is 21.3 Å². The molecule has 3 aromatic rings. The van der Waals surface area contributed by atoms with E-state index in [0.29, 0.717) is 40.9 Å². The first-order valence-electron chi connectivity index (χ1n) is 11.1. The zero-order chi connectivity index (χ0) is 23.4. The van der Waals surface area contributed by atoms with Crippen LogP contribution < -0.4 is 21.7 Å². The number of thiophene rings is 1. The Morgan fingerprint density at radius 2 is 2.09 bits per heavy atom. The first-order valence-corrected chi connectivity index (χ1v) is 12.0. The Morgan fingerprint density at radius 1 is 1.24 bits per heavy atom. The Morgan fingerprint density at radius 3 is 2.79 bits per heavy atom. The lowest BCUT2D eigenvalue weighted by molar-refractivity contribution is -0.115. The van der Waals surface area contributed by atoms with Crippen LogP contribution in [0.15, 0.2) is 29.4 Å². The number of amides is 4. The Balaban J connectivity index is 1.38. The third-order valence-electron chi connectivity index (χ3n) is 6.07. The molecule has 0 unspecified atom stereocenters. The van der Waals surface area contributed by atoms with Crippen molar-refractivity contribution in [1.82, 2.24) is 30.1 Å². The highest BCUT2D eigenvalue weighted by atomic mass is 32.1. The molecule has 2 aliphatic heterocycles. The predicted molar refractivity (Wildman–Crippen MR) is 126 cm³/mol. The van der Waals surface area contributed by atoms with E-state index in [0.717, 1.165) is 30.6 Å². The smallest absolute Gasteiger partial charge is 0.326 e. The Hall–Kier alpha value is -3.77. The van der Waals surface area contributed by atoms with Gasteiger partial charge in [0.15, 0.2) is 5.65 Å². The molecule has 0 radical (unpaired) electrons. The lowest BCUT2D eigenvalue weighted by Gasteiger charge is -2.14. The van der Waals surface area contributed by atoms with E-state index in [1.54, 1.807) is 21.7 Å². The first-order chi connectivity index (χ1) is 16.4. The van der Waals surface area contributed by atoms with Gasteiger partial charge in [-0.05, 0) is 31.4 Å². The van der Waals surface area contributed by atoms with Crippen LogP contribution in [-0.4, -0.2) is 62.5 Å². The van der Waals surface area contributed by atoms with Crippen molar-refractivity contribution < 1.29 is 14.4 Å². The summed E-state index contributed by atoms with van der Waals surface area (Å²) in [7, 11) is 0. The second-order valence-corrected chi connectivity index (χ2v) is 9.66. The summed E-state index contributed by atoms with van der Waals surface area (Å²) in [6.07, 6.45) is 6.14. The van der Waals surface area contributed by atoms with Gasteiger partial charge in [-0.15, -0.1) is 11.3 Å². The summed E-state index contributed by atoms with van der Waals surface area (Å²) < 4.78 is 1.69. The Bertz CT molecular complexity index is 1370. The summed E-state index contributed by atoms with van der Waals surface area (Å²) in [4.78, 5) is 43.6. The fourth-order valence-corrected chi connectivity index (χ4v) is 4.99. The highest BCUT2D eigenvalue weighted by Gasteiger charge is 2.27. The van der Waals surface area contributed by atoms with E-state index in [4.69, 9.17) is 10.7 Å². The maximum atomic E-state index is 12.9. The number of likely N-dealkylation sites (tertiary alicyclic amines) is 1. The van der Waals surface area contributed by atoms with Gasteiger partial charge in [0.25, 0.3) is 11.8 Å². The normalized spacial score (nSPS) is 21.4. The van der Waals surface area contributed by atoms with Crippen molar-refractivity contribution >= 4 is 46.7 Å². The molecule has 3 aromatic heterocycles. The fourth-order valence-electron chi connectivity index (χ4n) is 4.12. The second-order valence-electron chi connectivity index (χ2n) is 8.75. The van der Waals surface area contributed by atoms with Crippen molar-refractivity contribution in [1.29, 1.82) is 0 Å². The molecule has 12 heteroatoms. The summed E-state index contributed by atoms with van der Waals surface area (Å²) in [6.45, 7) is 1.24. The van der Waals surface area contributed by atoms with E-state index in [2.05, 4.69) is 21.0 Å². The maximum absolute atomic E-state index is 12.9. The van der Waals surface area contributed by atoms with Crippen LogP contribution in [0.5, 0.6) is 0 Å². The minimum atomic E-state index is -0.563. The molecule has 5 N–H and O–H groups in total. The lowest BCUT2D eigenvalue weighted by atomic mass is 10.2. The van der Waals surface area contributed by atoms with Gasteiger partial charge in [-0.25, -0.2) is 9.78 Å². The van der Waals surface area contributed by atoms with Gasteiger partial charge in [0.2, 0.25) is 0 Å². The van der Waals surface area contributed by atoms with Crippen LogP contribution in [0.4, 0.5) is 10.6 Å². The molecular formula is C22H22N8O3S. The van der Waals surface area contributed by atoms with Crippen molar-refractivity contribution in [3.63, 3.8) is 0 Å². The number of fused-ring (bicyclic) bond motifs is 1. The van der Waals surface area contributed by atoms with E-state index in [1.165, 1.54) is 11.3 Å². The van der Waals surface area contributed by atoms with Crippen molar-refractivity contribution in [2.75, 3.05) is 18.4 Å². The number of rotatable bonds is 5. The molecule has 34 heavy (non-hydrogen) atoms. The maximum Gasteiger partial charge on any atom is 0.326 e. The third kappa shape index (κ3) is 3.80. The monoisotopic (exact) mass is 478 g/mol. The highest BCUT2D eigenvalue weighted by molar-refractivity contribution is 7.12. The lowest BCUT2D eigenvalue weighted by Crippen LogP contribution is -2.31. The molecule has 6 rings (SSSR count). The Kier molecular flexibility index (Phi) is 4.85. The molecule has 0 spiro atoms. The Labute approximate surface area is 198 Å². The van der Waals surface area contributed by atoms with Crippen LogP contribution in [0.3, 0.4) is 0 Å². The predicted octanol–water partition coefficient (Wildman–Crippen LogP) is 1.39. The number of hydrogen-bond acceptors (Lipinski definition) is 8. The number of carbonyl (C=O) groups is 3. The van der Waals surface area contributed by atoms with Gasteiger partial charge in [-0.1, -0.05) is 0 Å². The van der Waals surface area contributed by atoms with Crippen LogP contribution in [-0.2, 0) is 4.79 Å². The molecule has 5 heterocycles. The number of imide groups is 1. The molecule has 174 valence electrons. The largest absolute Gasteiger partial charge is 0.367 e. The standard InChI is InChI=1S/C22H22N8O3S/c23-13-3-4-29(9-13)21(32)17-6-12(10-34-17)15-7-18(25-14-1-2-14)30-19(26-15)11(8-24-30)5-16-20(31)28-22(33)27-16/h5-8,10,13-14,25H,1-4,9,23H2,(H2,27,28,31,33)/b16-5-/t13-/m1/s1. The molecule has 11 nitrogen and oxygen atoms in total. The second kappa shape index (κ2) is 7.92.